The molecule has 1 amide bonds. The molecule has 1 aliphatic heterocycles. The van der Waals surface area contributed by atoms with E-state index in [-0.39, 0.29) is 42.5 Å². The van der Waals surface area contributed by atoms with E-state index >= 15 is 0 Å². The summed E-state index contributed by atoms with van der Waals surface area (Å²) >= 11 is 0. The van der Waals surface area contributed by atoms with Crippen LogP contribution in [0.2, 0.25) is 0 Å². The van der Waals surface area contributed by atoms with Crippen molar-refractivity contribution in [3.05, 3.63) is 60.0 Å². The summed E-state index contributed by atoms with van der Waals surface area (Å²) in [6, 6.07) is 7.92. The highest BCUT2D eigenvalue weighted by Gasteiger charge is 2.47. The van der Waals surface area contributed by atoms with Gasteiger partial charge in [-0.05, 0) is 30.3 Å². The molecule has 1 saturated heterocycles. The minimum atomic E-state index is -5.08. The van der Waals surface area contributed by atoms with Gasteiger partial charge in [-0.3, -0.25) is 9.78 Å². The number of hydrogen-bond acceptors (Lipinski definition) is 7. The van der Waals surface area contributed by atoms with Gasteiger partial charge >= 0.3 is 24.2 Å². The third-order valence-electron chi connectivity index (χ3n) is 4.86. The number of aliphatic carboxylic acids is 1. The van der Waals surface area contributed by atoms with Crippen LogP contribution in [0.25, 0.3) is 11.5 Å². The summed E-state index contributed by atoms with van der Waals surface area (Å²) in [5, 5.41) is 16.1. The molecule has 0 aliphatic carbocycles. The van der Waals surface area contributed by atoms with E-state index in [1.165, 1.54) is 36.5 Å². The fourth-order valence-electron chi connectivity index (χ4n) is 2.92. The lowest BCUT2D eigenvalue weighted by Gasteiger charge is -2.37. The van der Waals surface area contributed by atoms with Crippen molar-refractivity contribution in [2.75, 3.05) is 18.0 Å². The fourth-order valence-corrected chi connectivity index (χ4v) is 2.92. The zero-order chi connectivity index (χ0) is 28.3. The summed E-state index contributed by atoms with van der Waals surface area (Å²) in [5.41, 5.74) is -1.57. The highest BCUT2D eigenvalue weighted by molar-refractivity contribution is 6.00. The monoisotopic (exact) mass is 553 g/mol. The Morgan fingerprint density at radius 3 is 2.18 bits per heavy atom. The van der Waals surface area contributed by atoms with Crippen LogP contribution < -0.4 is 10.2 Å². The number of rotatable bonds is 5. The summed E-state index contributed by atoms with van der Waals surface area (Å²) < 4.78 is 103. The normalized spacial score (nSPS) is 14.6. The predicted octanol–water partition coefficient (Wildman–Crippen LogP) is 3.77. The van der Waals surface area contributed by atoms with Crippen molar-refractivity contribution in [1.29, 1.82) is 0 Å². The molecular weight excluding hydrogens is 538 g/mol. The van der Waals surface area contributed by atoms with Crippen LogP contribution in [-0.2, 0) is 22.3 Å². The number of nitrogens with one attached hydrogen (secondary N) is 1. The predicted molar refractivity (Wildman–Crippen MR) is 111 cm³/mol. The maximum atomic E-state index is 14.7. The van der Waals surface area contributed by atoms with Crippen molar-refractivity contribution in [2.24, 2.45) is 0 Å². The number of nitrogens with zero attached hydrogens (tertiary/aromatic N) is 4. The summed E-state index contributed by atoms with van der Waals surface area (Å²) in [7, 11) is 0. The summed E-state index contributed by atoms with van der Waals surface area (Å²) in [5.74, 6) is -6.08. The zero-order valence-electron chi connectivity index (χ0n) is 18.6. The number of halogens is 8. The van der Waals surface area contributed by atoms with Crippen molar-refractivity contribution in [3.8, 4) is 11.5 Å². The van der Waals surface area contributed by atoms with E-state index in [4.69, 9.17) is 9.90 Å². The Morgan fingerprint density at radius 2 is 1.74 bits per heavy atom. The molecule has 3 heterocycles. The van der Waals surface area contributed by atoms with Crippen LogP contribution in [0.4, 0.5) is 40.8 Å². The number of alkyl halides is 7. The number of carboxylic acids is 1. The summed E-state index contributed by atoms with van der Waals surface area (Å²) in [6.07, 6.45) is -8.67. The number of pyridine rings is 1. The van der Waals surface area contributed by atoms with Crippen LogP contribution in [0.3, 0.4) is 0 Å². The van der Waals surface area contributed by atoms with E-state index in [0.29, 0.717) is 0 Å². The van der Waals surface area contributed by atoms with Gasteiger partial charge in [0.2, 0.25) is 11.6 Å². The molecule has 0 spiro atoms. The number of amides is 1. The lowest BCUT2D eigenvalue weighted by atomic mass is 9.97. The smallest absolute Gasteiger partial charge is 0.475 e. The number of benzene rings is 1. The van der Waals surface area contributed by atoms with Crippen LogP contribution in [0, 0.1) is 5.82 Å². The van der Waals surface area contributed by atoms with E-state index in [1.807, 2.05) is 0 Å². The van der Waals surface area contributed by atoms with Gasteiger partial charge in [-0.25, -0.2) is 13.6 Å². The summed E-state index contributed by atoms with van der Waals surface area (Å²) in [6.45, 7) is -0.517. The quantitative estimate of drug-likeness (QED) is 0.459. The Kier molecular flexibility index (Phi) is 7.99. The first kappa shape index (κ1) is 28.4. The second-order valence-corrected chi connectivity index (χ2v) is 7.69. The molecule has 2 aromatic heterocycles. The largest absolute Gasteiger partial charge is 0.490 e. The van der Waals surface area contributed by atoms with Gasteiger partial charge in [0.05, 0.1) is 17.8 Å². The van der Waals surface area contributed by atoms with Crippen LogP contribution in [-0.4, -0.2) is 57.1 Å². The Morgan fingerprint density at radius 1 is 1.08 bits per heavy atom. The van der Waals surface area contributed by atoms with E-state index in [0.717, 1.165) is 11.0 Å². The number of carbonyl (C=O) groups excluding carboxylic acids is 1. The molecule has 2 N–H and O–H groups in total. The molecular formula is C21H15F8N5O4. The Bertz CT molecular complexity index is 1290. The molecule has 0 unspecified atom stereocenters. The molecule has 204 valence electrons. The van der Waals surface area contributed by atoms with Gasteiger partial charge in [-0.15, -0.1) is 10.2 Å². The summed E-state index contributed by atoms with van der Waals surface area (Å²) in [4.78, 5) is 26.8. The lowest BCUT2D eigenvalue weighted by Crippen LogP contribution is -2.65. The van der Waals surface area contributed by atoms with E-state index in [2.05, 4.69) is 24.9 Å². The topological polar surface area (TPSA) is 121 Å². The molecule has 4 rings (SSSR count). The first-order chi connectivity index (χ1) is 17.6. The van der Waals surface area contributed by atoms with Crippen molar-refractivity contribution in [1.82, 2.24) is 20.5 Å². The fraction of sp³-hybridized carbons (Fsp3) is 0.286. The van der Waals surface area contributed by atoms with Crippen molar-refractivity contribution in [3.63, 3.8) is 0 Å². The molecule has 1 aliphatic rings. The molecule has 1 aromatic carbocycles. The molecule has 3 aromatic rings. The number of aromatic nitrogens is 3. The number of anilines is 1. The SMILES string of the molecule is O=C(N(Cc1ccc(-c2nnc(C(F)(F)F)o2)cn1)c1cccc(F)c1)C1(F)CNC1.O=C(O)C(F)(F)F. The number of carboxylic acid groups (broad SMARTS) is 1. The molecule has 0 bridgehead atoms. The zero-order valence-corrected chi connectivity index (χ0v) is 18.6. The van der Waals surface area contributed by atoms with Crippen molar-refractivity contribution >= 4 is 17.6 Å². The Labute approximate surface area is 207 Å². The Balaban J connectivity index is 0.000000505. The minimum Gasteiger partial charge on any atom is -0.475 e. The van der Waals surface area contributed by atoms with Crippen LogP contribution in [0.1, 0.15) is 11.6 Å². The Hall–Kier alpha value is -4.15. The van der Waals surface area contributed by atoms with Crippen molar-refractivity contribution in [2.45, 2.75) is 24.6 Å². The molecule has 38 heavy (non-hydrogen) atoms. The lowest BCUT2D eigenvalue weighted by molar-refractivity contribution is -0.192. The van der Waals surface area contributed by atoms with Gasteiger partial charge in [-0.1, -0.05) is 6.07 Å². The molecule has 1 fully saturated rings. The van der Waals surface area contributed by atoms with Crippen molar-refractivity contribution < 1.29 is 54.2 Å². The van der Waals surface area contributed by atoms with Gasteiger partial charge in [0.25, 0.3) is 5.91 Å². The van der Waals surface area contributed by atoms with Gasteiger partial charge in [0, 0.05) is 25.0 Å². The third kappa shape index (κ3) is 6.78. The number of carbonyl (C=O) groups is 2. The third-order valence-corrected chi connectivity index (χ3v) is 4.86. The van der Waals surface area contributed by atoms with Gasteiger partial charge in [0.15, 0.2) is 0 Å². The average Bonchev–Trinajstić information content (AvgIpc) is 3.32. The van der Waals surface area contributed by atoms with Crippen LogP contribution in [0.5, 0.6) is 0 Å². The first-order valence-electron chi connectivity index (χ1n) is 10.2. The second kappa shape index (κ2) is 10.7. The van der Waals surface area contributed by atoms with E-state index in [9.17, 15) is 39.9 Å². The molecule has 0 saturated carbocycles. The second-order valence-electron chi connectivity index (χ2n) is 7.69. The molecule has 17 heteroatoms. The highest BCUT2D eigenvalue weighted by Crippen LogP contribution is 2.30. The van der Waals surface area contributed by atoms with Gasteiger partial charge < -0.3 is 19.7 Å². The van der Waals surface area contributed by atoms with E-state index < -0.39 is 41.6 Å². The molecule has 9 nitrogen and oxygen atoms in total. The maximum absolute atomic E-state index is 14.7. The average molecular weight is 553 g/mol. The molecule has 0 atom stereocenters. The van der Waals surface area contributed by atoms with Gasteiger partial charge in [-0.2, -0.15) is 26.3 Å². The standard InChI is InChI=1S/C19H14F5N5O2.C2HF3O2/c20-12-2-1-3-14(6-12)29(17(30)18(21)9-25-10-18)8-13-5-4-11(7-26-13)15-27-28-16(31-15)19(22,23)24;3-2(4,5)1(6)7/h1-7,25H,8-10H2;(H,6,7). The molecule has 0 radical (unpaired) electrons. The number of hydrogen-bond donors (Lipinski definition) is 2. The van der Waals surface area contributed by atoms with Crippen LogP contribution in [0.15, 0.2) is 47.0 Å². The van der Waals surface area contributed by atoms with Crippen LogP contribution >= 0.6 is 0 Å². The minimum absolute atomic E-state index is 0.125. The van der Waals surface area contributed by atoms with Gasteiger partial charge in [0.1, 0.15) is 5.82 Å². The first-order valence-corrected chi connectivity index (χ1v) is 10.2. The maximum Gasteiger partial charge on any atom is 0.490 e. The highest BCUT2D eigenvalue weighted by atomic mass is 19.4. The van der Waals surface area contributed by atoms with E-state index in [1.54, 1.807) is 0 Å².